The summed E-state index contributed by atoms with van der Waals surface area (Å²) >= 11 is 0. The van der Waals surface area contributed by atoms with Crippen molar-refractivity contribution in [2.75, 3.05) is 6.54 Å². The van der Waals surface area contributed by atoms with Crippen LogP contribution in [0.4, 0.5) is 13.2 Å². The summed E-state index contributed by atoms with van der Waals surface area (Å²) in [5.41, 5.74) is 0.690. The number of imidazole rings is 1. The number of carbonyl (C=O) groups excluding carboxylic acids is 1. The van der Waals surface area contributed by atoms with Crippen LogP contribution in [0.2, 0.25) is 0 Å². The first-order valence-electron chi connectivity index (χ1n) is 6.50. The minimum absolute atomic E-state index is 0.146. The second kappa shape index (κ2) is 5.04. The van der Waals surface area contributed by atoms with E-state index in [2.05, 4.69) is 15.0 Å². The molecular formula is C14H11F3N4O. The van der Waals surface area contributed by atoms with Crippen molar-refractivity contribution in [1.82, 2.24) is 14.5 Å². The predicted molar refractivity (Wildman–Crippen MR) is 74.5 cm³/mol. The lowest BCUT2D eigenvalue weighted by Crippen LogP contribution is -2.07. The lowest BCUT2D eigenvalue weighted by atomic mass is 10.0. The van der Waals surface area contributed by atoms with Crippen LogP contribution >= 0.6 is 0 Å². The maximum absolute atomic E-state index is 12.7. The van der Waals surface area contributed by atoms with Crippen molar-refractivity contribution in [3.05, 3.63) is 29.2 Å². The van der Waals surface area contributed by atoms with Gasteiger partial charge in [0.2, 0.25) is 0 Å². The first kappa shape index (κ1) is 14.4. The molecule has 114 valence electrons. The Morgan fingerprint density at radius 1 is 1.36 bits per heavy atom. The molecule has 8 heteroatoms. The van der Waals surface area contributed by atoms with Gasteiger partial charge in [-0.05, 0) is 12.5 Å². The number of alkyl halides is 3. The molecule has 0 bridgehead atoms. The third kappa shape index (κ3) is 2.30. The van der Waals surface area contributed by atoms with E-state index in [4.69, 9.17) is 0 Å². The molecule has 0 saturated heterocycles. The van der Waals surface area contributed by atoms with Gasteiger partial charge >= 0.3 is 6.18 Å². The second-order valence-electron chi connectivity index (χ2n) is 4.90. The number of aliphatic imine (C=N–C) groups is 1. The summed E-state index contributed by atoms with van der Waals surface area (Å²) in [4.78, 5) is 23.2. The van der Waals surface area contributed by atoms with Gasteiger partial charge in [0.05, 0.1) is 5.56 Å². The highest BCUT2D eigenvalue weighted by Crippen LogP contribution is 2.31. The van der Waals surface area contributed by atoms with Crippen LogP contribution in [0.25, 0.3) is 16.7 Å². The van der Waals surface area contributed by atoms with E-state index in [1.54, 1.807) is 11.6 Å². The molecule has 0 aliphatic carbocycles. The van der Waals surface area contributed by atoms with Crippen molar-refractivity contribution in [1.29, 1.82) is 0 Å². The summed E-state index contributed by atoms with van der Waals surface area (Å²) in [6.07, 6.45) is -1.05. The number of hydrogen-bond donors (Lipinski definition) is 0. The van der Waals surface area contributed by atoms with Crippen LogP contribution in [-0.2, 0) is 18.0 Å². The molecular weight excluding hydrogens is 297 g/mol. The van der Waals surface area contributed by atoms with Crippen LogP contribution < -0.4 is 0 Å². The van der Waals surface area contributed by atoms with Gasteiger partial charge in [-0.2, -0.15) is 13.2 Å². The summed E-state index contributed by atoms with van der Waals surface area (Å²) in [6.45, 7) is 0.511. The van der Waals surface area contributed by atoms with Crippen molar-refractivity contribution in [2.45, 2.75) is 12.6 Å². The zero-order chi connectivity index (χ0) is 15.9. The summed E-state index contributed by atoms with van der Waals surface area (Å²) < 4.78 is 39.8. The summed E-state index contributed by atoms with van der Waals surface area (Å²) in [5.74, 6) is 0.440. The molecule has 0 aromatic carbocycles. The van der Waals surface area contributed by atoms with Crippen LogP contribution in [0.5, 0.6) is 0 Å². The maximum atomic E-state index is 12.7. The second-order valence-corrected chi connectivity index (χ2v) is 4.90. The molecule has 1 aliphatic rings. The third-order valence-corrected chi connectivity index (χ3v) is 3.50. The van der Waals surface area contributed by atoms with Crippen molar-refractivity contribution in [2.24, 2.45) is 12.0 Å². The number of carbonyl (C=O) groups is 1. The number of aromatic nitrogens is 3. The fourth-order valence-electron chi connectivity index (χ4n) is 2.40. The van der Waals surface area contributed by atoms with Crippen LogP contribution in [-0.4, -0.2) is 33.6 Å². The Hall–Kier alpha value is -2.51. The number of nitrogens with zero attached hydrogens (tertiary/aromatic N) is 4. The fraction of sp³-hybridized carbons (Fsp3) is 0.286. The summed E-state index contributed by atoms with van der Waals surface area (Å²) in [6, 6.07) is 0.962. The van der Waals surface area contributed by atoms with Crippen LogP contribution in [0.1, 0.15) is 17.8 Å². The minimum Gasteiger partial charge on any atom is -0.312 e. The van der Waals surface area contributed by atoms with Gasteiger partial charge in [-0.3, -0.25) is 9.79 Å². The predicted octanol–water partition coefficient (Wildman–Crippen LogP) is 2.41. The average molecular weight is 308 g/mol. The highest BCUT2D eigenvalue weighted by Gasteiger charge is 2.32. The van der Waals surface area contributed by atoms with Crippen LogP contribution in [0.15, 0.2) is 22.8 Å². The Labute approximate surface area is 123 Å². The molecule has 5 nitrogen and oxygen atoms in total. The fourth-order valence-corrected chi connectivity index (χ4v) is 2.40. The van der Waals surface area contributed by atoms with Crippen LogP contribution in [0.3, 0.4) is 0 Å². The van der Waals surface area contributed by atoms with E-state index < -0.39 is 11.7 Å². The first-order valence-corrected chi connectivity index (χ1v) is 6.50. The number of fused-ring (bicyclic) bond motifs is 1. The highest BCUT2D eigenvalue weighted by molar-refractivity contribution is 6.10. The monoisotopic (exact) mass is 308 g/mol. The third-order valence-electron chi connectivity index (χ3n) is 3.50. The van der Waals surface area contributed by atoms with Gasteiger partial charge in [-0.15, -0.1) is 0 Å². The lowest BCUT2D eigenvalue weighted by molar-refractivity contribution is -0.137. The molecule has 0 radical (unpaired) electrons. The molecule has 0 spiro atoms. The Morgan fingerprint density at radius 2 is 2.14 bits per heavy atom. The van der Waals surface area contributed by atoms with Gasteiger partial charge in [-0.1, -0.05) is 0 Å². The number of aryl methyl sites for hydroxylation is 1. The number of dihydropyridines is 1. The number of allylic oxidation sites excluding steroid dienone is 1. The van der Waals surface area contributed by atoms with Gasteiger partial charge < -0.3 is 4.57 Å². The van der Waals surface area contributed by atoms with E-state index in [1.807, 2.05) is 0 Å². The number of aldehydes is 1. The molecule has 2 aromatic heterocycles. The zero-order valence-electron chi connectivity index (χ0n) is 11.6. The van der Waals surface area contributed by atoms with Gasteiger partial charge in [-0.25, -0.2) is 9.97 Å². The van der Waals surface area contributed by atoms with Gasteiger partial charge in [0, 0.05) is 37.2 Å². The molecule has 3 heterocycles. The van der Waals surface area contributed by atoms with Crippen LogP contribution in [0, 0.1) is 0 Å². The smallest absolute Gasteiger partial charge is 0.312 e. The van der Waals surface area contributed by atoms with Crippen molar-refractivity contribution >= 4 is 29.2 Å². The van der Waals surface area contributed by atoms with E-state index in [0.717, 1.165) is 12.3 Å². The lowest BCUT2D eigenvalue weighted by Gasteiger charge is -2.11. The Morgan fingerprint density at radius 3 is 2.82 bits per heavy atom. The maximum Gasteiger partial charge on any atom is 0.417 e. The van der Waals surface area contributed by atoms with E-state index in [9.17, 15) is 18.0 Å². The molecule has 0 saturated carbocycles. The average Bonchev–Trinajstić information content (AvgIpc) is 2.83. The van der Waals surface area contributed by atoms with Crippen molar-refractivity contribution in [3.63, 3.8) is 0 Å². The molecule has 22 heavy (non-hydrogen) atoms. The molecule has 2 aromatic rings. The Bertz CT molecular complexity index is 817. The molecule has 0 amide bonds. The summed E-state index contributed by atoms with van der Waals surface area (Å²) in [7, 11) is 1.66. The quantitative estimate of drug-likeness (QED) is 0.801. The summed E-state index contributed by atoms with van der Waals surface area (Å²) in [5, 5.41) is 0. The molecule has 3 rings (SSSR count). The molecule has 1 aliphatic heterocycles. The van der Waals surface area contributed by atoms with Gasteiger partial charge in [0.1, 0.15) is 11.3 Å². The van der Waals surface area contributed by atoms with Crippen molar-refractivity contribution < 1.29 is 18.0 Å². The molecule has 0 unspecified atom stereocenters. The Balaban J connectivity index is 2.20. The standard InChI is InChI=1S/C14H11F3N4O/c1-21-12(10-2-3-18-5-8(10)7-22)20-11-4-9(14(15,16)17)6-19-13(11)21/h4-7H,2-3H2,1H3. The SMILES string of the molecule is Cn1c(C2=C(C=O)C=NCC2)nc2cc(C(F)(F)F)cnc21. The van der Waals surface area contributed by atoms with E-state index in [0.29, 0.717) is 41.9 Å². The van der Waals surface area contributed by atoms with Gasteiger partial charge in [0.25, 0.3) is 0 Å². The molecule has 0 atom stereocenters. The highest BCUT2D eigenvalue weighted by atomic mass is 19.4. The van der Waals surface area contributed by atoms with E-state index in [1.165, 1.54) is 6.21 Å². The van der Waals surface area contributed by atoms with Gasteiger partial charge in [0.15, 0.2) is 11.9 Å². The van der Waals surface area contributed by atoms with E-state index >= 15 is 0 Å². The molecule has 0 N–H and O–H groups in total. The number of halogens is 3. The van der Waals surface area contributed by atoms with E-state index in [-0.39, 0.29) is 5.52 Å². The molecule has 0 fully saturated rings. The number of pyridine rings is 1. The Kier molecular flexibility index (Phi) is 3.31. The topological polar surface area (TPSA) is 60.1 Å². The normalized spacial score (nSPS) is 15.6. The first-order chi connectivity index (χ1) is 10.4. The zero-order valence-corrected chi connectivity index (χ0v) is 11.6. The largest absolute Gasteiger partial charge is 0.417 e. The van der Waals surface area contributed by atoms with Crippen molar-refractivity contribution in [3.8, 4) is 0 Å². The number of hydrogen-bond acceptors (Lipinski definition) is 4. The number of rotatable bonds is 2. The minimum atomic E-state index is -4.47.